The highest BCUT2D eigenvalue weighted by molar-refractivity contribution is 6.31. The zero-order valence-corrected chi connectivity index (χ0v) is 8.11. The number of carboxylic acid groups (broad SMARTS) is 1. The largest absolute Gasteiger partial charge is 0.474 e. The summed E-state index contributed by atoms with van der Waals surface area (Å²) < 4.78 is 0. The number of likely N-dealkylation sites (tertiary alicyclic amines) is 1. The second-order valence-electron chi connectivity index (χ2n) is 4.20. The fraction of sp³-hybridized carbons (Fsp3) is 0.800. The van der Waals surface area contributed by atoms with Crippen molar-refractivity contribution in [1.82, 2.24) is 4.90 Å². The third kappa shape index (κ3) is 1.49. The number of amides is 1. The van der Waals surface area contributed by atoms with E-state index < -0.39 is 11.9 Å². The van der Waals surface area contributed by atoms with Crippen molar-refractivity contribution in [3.8, 4) is 0 Å². The van der Waals surface area contributed by atoms with Crippen molar-refractivity contribution in [1.29, 1.82) is 0 Å². The van der Waals surface area contributed by atoms with Crippen LogP contribution in [0.2, 0.25) is 0 Å². The van der Waals surface area contributed by atoms with Gasteiger partial charge in [-0.25, -0.2) is 4.79 Å². The highest BCUT2D eigenvalue weighted by atomic mass is 16.4. The lowest BCUT2D eigenvalue weighted by atomic mass is 9.79. The molecule has 1 saturated heterocycles. The Morgan fingerprint density at radius 2 is 1.86 bits per heavy atom. The Morgan fingerprint density at radius 1 is 1.14 bits per heavy atom. The minimum Gasteiger partial charge on any atom is -0.474 e. The van der Waals surface area contributed by atoms with E-state index in [0.717, 1.165) is 25.7 Å². The molecule has 2 aliphatic rings. The van der Waals surface area contributed by atoms with Crippen molar-refractivity contribution in [3.05, 3.63) is 0 Å². The summed E-state index contributed by atoms with van der Waals surface area (Å²) >= 11 is 0. The Kier molecular flexibility index (Phi) is 2.44. The number of nitrogens with zero attached hydrogens (tertiary/aromatic N) is 1. The zero-order valence-electron chi connectivity index (χ0n) is 8.11. The Balaban J connectivity index is 2.02. The maximum atomic E-state index is 11.3. The van der Waals surface area contributed by atoms with E-state index in [1.54, 1.807) is 4.90 Å². The first-order valence-corrected chi connectivity index (χ1v) is 5.24. The summed E-state index contributed by atoms with van der Waals surface area (Å²) in [6.45, 7) is 0.631. The van der Waals surface area contributed by atoms with Crippen LogP contribution in [-0.2, 0) is 9.59 Å². The summed E-state index contributed by atoms with van der Waals surface area (Å²) in [6.07, 6.45) is 5.50. The minimum atomic E-state index is -1.31. The molecule has 1 saturated carbocycles. The third-order valence-corrected chi connectivity index (χ3v) is 3.44. The van der Waals surface area contributed by atoms with Gasteiger partial charge in [-0.2, -0.15) is 0 Å². The van der Waals surface area contributed by atoms with Crippen molar-refractivity contribution in [3.63, 3.8) is 0 Å². The number of aliphatic carboxylic acids is 1. The minimum absolute atomic E-state index is 0.215. The van der Waals surface area contributed by atoms with Crippen molar-refractivity contribution in [2.75, 3.05) is 6.54 Å². The van der Waals surface area contributed by atoms with Gasteiger partial charge in [0.2, 0.25) is 0 Å². The average Bonchev–Trinajstić information content (AvgIpc) is 2.48. The zero-order chi connectivity index (χ0) is 10.1. The molecule has 0 aromatic carbocycles. The lowest BCUT2D eigenvalue weighted by Crippen LogP contribution is -2.45. The lowest BCUT2D eigenvalue weighted by molar-refractivity contribution is -0.157. The van der Waals surface area contributed by atoms with Gasteiger partial charge in [0.15, 0.2) is 0 Å². The van der Waals surface area contributed by atoms with E-state index in [2.05, 4.69) is 0 Å². The molecule has 0 bridgehead atoms. The molecule has 2 fully saturated rings. The number of hydrogen-bond acceptors (Lipinski definition) is 2. The molecule has 2 rings (SSSR count). The van der Waals surface area contributed by atoms with Crippen LogP contribution in [0.25, 0.3) is 0 Å². The molecule has 1 atom stereocenters. The van der Waals surface area contributed by atoms with Crippen LogP contribution in [0, 0.1) is 5.92 Å². The van der Waals surface area contributed by atoms with Gasteiger partial charge in [-0.3, -0.25) is 4.79 Å². The van der Waals surface area contributed by atoms with Crippen LogP contribution in [0.1, 0.15) is 32.1 Å². The molecular formula is C10H15NO3. The molecule has 1 aliphatic carbocycles. The first kappa shape index (κ1) is 9.49. The molecule has 1 amide bonds. The third-order valence-electron chi connectivity index (χ3n) is 3.44. The number of hydrogen-bond donors (Lipinski definition) is 1. The average molecular weight is 197 g/mol. The van der Waals surface area contributed by atoms with Gasteiger partial charge in [-0.05, 0) is 31.6 Å². The van der Waals surface area contributed by atoms with E-state index in [-0.39, 0.29) is 6.04 Å². The molecule has 4 nitrogen and oxygen atoms in total. The monoisotopic (exact) mass is 197 g/mol. The van der Waals surface area contributed by atoms with Crippen molar-refractivity contribution < 1.29 is 14.7 Å². The molecule has 0 spiro atoms. The smallest absolute Gasteiger partial charge is 0.394 e. The van der Waals surface area contributed by atoms with Gasteiger partial charge in [0.25, 0.3) is 0 Å². The molecule has 0 radical (unpaired) electrons. The molecule has 0 unspecified atom stereocenters. The summed E-state index contributed by atoms with van der Waals surface area (Å²) in [4.78, 5) is 23.5. The molecule has 0 aromatic heterocycles. The van der Waals surface area contributed by atoms with Gasteiger partial charge in [0.05, 0.1) is 0 Å². The van der Waals surface area contributed by atoms with Crippen LogP contribution in [0.4, 0.5) is 0 Å². The summed E-state index contributed by atoms with van der Waals surface area (Å²) in [6, 6.07) is 0.215. The highest BCUT2D eigenvalue weighted by Gasteiger charge is 2.39. The van der Waals surface area contributed by atoms with Crippen LogP contribution in [0.3, 0.4) is 0 Å². The van der Waals surface area contributed by atoms with Gasteiger partial charge in [0.1, 0.15) is 0 Å². The predicted octanol–water partition coefficient (Wildman–Crippen LogP) is 0.862. The van der Waals surface area contributed by atoms with Crippen molar-refractivity contribution in [2.45, 2.75) is 38.1 Å². The van der Waals surface area contributed by atoms with Crippen molar-refractivity contribution in [2.24, 2.45) is 5.92 Å². The second-order valence-corrected chi connectivity index (χ2v) is 4.20. The predicted molar refractivity (Wildman–Crippen MR) is 49.7 cm³/mol. The molecule has 78 valence electrons. The Hall–Kier alpha value is -1.06. The van der Waals surface area contributed by atoms with E-state index in [1.807, 2.05) is 0 Å². The molecule has 14 heavy (non-hydrogen) atoms. The van der Waals surface area contributed by atoms with E-state index in [0.29, 0.717) is 12.5 Å². The fourth-order valence-corrected chi connectivity index (χ4v) is 2.48. The van der Waals surface area contributed by atoms with Crippen LogP contribution < -0.4 is 0 Å². The Labute approximate surface area is 82.9 Å². The van der Waals surface area contributed by atoms with E-state index >= 15 is 0 Å². The Morgan fingerprint density at radius 3 is 2.36 bits per heavy atom. The topological polar surface area (TPSA) is 57.6 Å². The number of carboxylic acids is 1. The van der Waals surface area contributed by atoms with Crippen LogP contribution in [0.15, 0.2) is 0 Å². The summed E-state index contributed by atoms with van der Waals surface area (Å²) in [5.41, 5.74) is 0. The molecule has 4 heteroatoms. The molecule has 0 aromatic rings. The van der Waals surface area contributed by atoms with Gasteiger partial charge in [-0.1, -0.05) is 6.42 Å². The second kappa shape index (κ2) is 3.59. The van der Waals surface area contributed by atoms with Gasteiger partial charge >= 0.3 is 11.9 Å². The van der Waals surface area contributed by atoms with Crippen LogP contribution in [-0.4, -0.2) is 34.5 Å². The van der Waals surface area contributed by atoms with Crippen LogP contribution >= 0.6 is 0 Å². The molecular weight excluding hydrogens is 182 g/mol. The maximum Gasteiger partial charge on any atom is 0.394 e. The number of carbonyl (C=O) groups is 2. The maximum absolute atomic E-state index is 11.3. The van der Waals surface area contributed by atoms with E-state index in [4.69, 9.17) is 5.11 Å². The Bertz CT molecular complexity index is 260. The normalized spacial score (nSPS) is 27.4. The van der Waals surface area contributed by atoms with Gasteiger partial charge in [0, 0.05) is 12.6 Å². The lowest BCUT2D eigenvalue weighted by Gasteiger charge is -2.36. The fourth-order valence-electron chi connectivity index (χ4n) is 2.48. The van der Waals surface area contributed by atoms with Crippen LogP contribution in [0.5, 0.6) is 0 Å². The van der Waals surface area contributed by atoms with Gasteiger partial charge in [-0.15, -0.1) is 0 Å². The van der Waals surface area contributed by atoms with E-state index in [1.165, 1.54) is 6.42 Å². The number of carbonyl (C=O) groups excluding carboxylic acids is 1. The summed E-state index contributed by atoms with van der Waals surface area (Å²) in [5, 5.41) is 8.64. The summed E-state index contributed by atoms with van der Waals surface area (Å²) in [5.74, 6) is -1.45. The molecule has 1 heterocycles. The standard InChI is InChI=1S/C10H15NO3/c12-9(10(13)14)11-6-2-5-8(11)7-3-1-4-7/h7-8H,1-6H2,(H,13,14)/t8-/m1/s1. The SMILES string of the molecule is O=C(O)C(=O)N1CCC[C@@H]1C1CCC1. The van der Waals surface area contributed by atoms with Gasteiger partial charge < -0.3 is 10.0 Å². The molecule has 1 aliphatic heterocycles. The van der Waals surface area contributed by atoms with E-state index in [9.17, 15) is 9.59 Å². The number of rotatable bonds is 1. The molecule has 1 N–H and O–H groups in total. The first-order valence-electron chi connectivity index (χ1n) is 5.24. The van der Waals surface area contributed by atoms with Crippen molar-refractivity contribution >= 4 is 11.9 Å². The quantitative estimate of drug-likeness (QED) is 0.634. The summed E-state index contributed by atoms with van der Waals surface area (Å²) in [7, 11) is 0. The first-order chi connectivity index (χ1) is 6.70. The highest BCUT2D eigenvalue weighted by Crippen LogP contribution is 2.37.